The summed E-state index contributed by atoms with van der Waals surface area (Å²) in [6, 6.07) is 12.5. The highest BCUT2D eigenvalue weighted by Gasteiger charge is 2.36. The van der Waals surface area contributed by atoms with E-state index in [2.05, 4.69) is 4.99 Å². The summed E-state index contributed by atoms with van der Waals surface area (Å²) in [5.41, 5.74) is 1.98. The Bertz CT molecular complexity index is 889. The Morgan fingerprint density at radius 2 is 1.92 bits per heavy atom. The van der Waals surface area contributed by atoms with Gasteiger partial charge in [-0.15, -0.1) is 0 Å². The summed E-state index contributed by atoms with van der Waals surface area (Å²) >= 11 is 0. The van der Waals surface area contributed by atoms with Gasteiger partial charge in [0.05, 0.1) is 29.4 Å². The molecule has 6 heteroatoms. The molecule has 1 aliphatic heterocycles. The molecule has 1 saturated carbocycles. The van der Waals surface area contributed by atoms with E-state index in [9.17, 15) is 18.0 Å². The van der Waals surface area contributed by atoms with Crippen LogP contribution in [0.3, 0.4) is 0 Å². The van der Waals surface area contributed by atoms with Gasteiger partial charge in [-0.2, -0.15) is 13.2 Å². The Morgan fingerprint density at radius 3 is 2.73 bits per heavy atom. The maximum atomic E-state index is 13.1. The van der Waals surface area contributed by atoms with Crippen LogP contribution in [0.1, 0.15) is 30.4 Å². The van der Waals surface area contributed by atoms with Crippen LogP contribution in [0.2, 0.25) is 0 Å². The van der Waals surface area contributed by atoms with E-state index < -0.39 is 11.7 Å². The highest BCUT2D eigenvalue weighted by Crippen LogP contribution is 2.39. The normalized spacial score (nSPS) is 19.7. The van der Waals surface area contributed by atoms with Crippen molar-refractivity contribution in [3.05, 3.63) is 59.7 Å². The van der Waals surface area contributed by atoms with Crippen molar-refractivity contribution in [2.45, 2.75) is 32.0 Å². The van der Waals surface area contributed by atoms with Crippen molar-refractivity contribution in [3.63, 3.8) is 0 Å². The maximum absolute atomic E-state index is 13.1. The zero-order chi connectivity index (χ0) is 18.3. The molecule has 1 amide bonds. The van der Waals surface area contributed by atoms with Gasteiger partial charge in [0.25, 0.3) is 0 Å². The average Bonchev–Trinajstić information content (AvgIpc) is 3.04. The zero-order valence-electron chi connectivity index (χ0n) is 14.0. The van der Waals surface area contributed by atoms with Crippen molar-refractivity contribution in [1.29, 1.82) is 0 Å². The summed E-state index contributed by atoms with van der Waals surface area (Å²) in [7, 11) is 0. The van der Waals surface area contributed by atoms with Crippen molar-refractivity contribution >= 4 is 23.0 Å². The quantitative estimate of drug-likeness (QED) is 0.733. The summed E-state index contributed by atoms with van der Waals surface area (Å²) in [5.74, 6) is -0.350. The SMILES string of the molecule is O=C1[C@@H]2CCCC2=Nc2ccccc2N1Cc1cccc(C(F)(F)F)c1. The van der Waals surface area contributed by atoms with Crippen LogP contribution in [0.5, 0.6) is 0 Å². The molecule has 1 atom stereocenters. The standard InChI is InChI=1S/C20H17F3N2O/c21-20(22,23)14-6-3-5-13(11-14)12-25-18-10-2-1-8-17(18)24-16-9-4-7-15(16)19(25)26/h1-3,5-6,8,10-11,15H,4,7,9,12H2/t15-/m1/s1. The predicted molar refractivity (Wildman–Crippen MR) is 93.5 cm³/mol. The Kier molecular flexibility index (Phi) is 4.05. The third kappa shape index (κ3) is 3.00. The smallest absolute Gasteiger partial charge is 0.305 e. The van der Waals surface area contributed by atoms with Gasteiger partial charge < -0.3 is 4.90 Å². The first-order valence-electron chi connectivity index (χ1n) is 8.57. The molecule has 134 valence electrons. The highest BCUT2D eigenvalue weighted by atomic mass is 19.4. The molecule has 0 N–H and O–H groups in total. The first-order valence-corrected chi connectivity index (χ1v) is 8.57. The van der Waals surface area contributed by atoms with E-state index >= 15 is 0 Å². The number of aliphatic imine (C=N–C) groups is 1. The molecule has 2 aromatic rings. The molecule has 0 radical (unpaired) electrons. The zero-order valence-corrected chi connectivity index (χ0v) is 14.0. The number of halogens is 3. The largest absolute Gasteiger partial charge is 0.416 e. The number of hydrogen-bond donors (Lipinski definition) is 0. The van der Waals surface area contributed by atoms with E-state index in [0.29, 0.717) is 16.9 Å². The van der Waals surface area contributed by atoms with Crippen LogP contribution in [0.15, 0.2) is 53.5 Å². The summed E-state index contributed by atoms with van der Waals surface area (Å²) in [4.78, 5) is 19.4. The third-order valence-electron chi connectivity index (χ3n) is 4.92. The number of anilines is 1. The van der Waals surface area contributed by atoms with Gasteiger partial charge in [0.1, 0.15) is 0 Å². The number of nitrogens with zero attached hydrogens (tertiary/aromatic N) is 2. The second kappa shape index (κ2) is 6.27. The highest BCUT2D eigenvalue weighted by molar-refractivity contribution is 6.14. The number of rotatable bonds is 2. The minimum absolute atomic E-state index is 0.0800. The molecule has 2 aromatic carbocycles. The lowest BCUT2D eigenvalue weighted by Crippen LogP contribution is -2.36. The van der Waals surface area contributed by atoms with Crippen molar-refractivity contribution in [2.24, 2.45) is 10.9 Å². The molecule has 0 saturated heterocycles. The molecule has 0 spiro atoms. The van der Waals surface area contributed by atoms with Crippen molar-refractivity contribution in [3.8, 4) is 0 Å². The molecule has 0 aromatic heterocycles. The molecule has 3 nitrogen and oxygen atoms in total. The minimum Gasteiger partial charge on any atom is -0.305 e. The summed E-state index contributed by atoms with van der Waals surface area (Å²) in [6.07, 6.45) is -1.96. The molecule has 1 aliphatic carbocycles. The first-order chi connectivity index (χ1) is 12.4. The monoisotopic (exact) mass is 358 g/mol. The van der Waals surface area contributed by atoms with Crippen molar-refractivity contribution in [2.75, 3.05) is 4.90 Å². The maximum Gasteiger partial charge on any atom is 0.416 e. The third-order valence-corrected chi connectivity index (χ3v) is 4.92. The van der Waals surface area contributed by atoms with E-state index in [1.165, 1.54) is 6.07 Å². The van der Waals surface area contributed by atoms with Gasteiger partial charge in [-0.25, -0.2) is 0 Å². The molecular weight excluding hydrogens is 341 g/mol. The van der Waals surface area contributed by atoms with Crippen LogP contribution >= 0.6 is 0 Å². The van der Waals surface area contributed by atoms with Gasteiger partial charge in [0.15, 0.2) is 0 Å². The number of carbonyl (C=O) groups excluding carboxylic acids is 1. The molecule has 2 aliphatic rings. The fourth-order valence-electron chi connectivity index (χ4n) is 3.67. The molecular formula is C20H17F3N2O. The lowest BCUT2D eigenvalue weighted by molar-refractivity contribution is -0.137. The van der Waals surface area contributed by atoms with Crippen molar-refractivity contribution < 1.29 is 18.0 Å². The van der Waals surface area contributed by atoms with E-state index in [-0.39, 0.29) is 18.4 Å². The Labute approximate surface area is 149 Å². The van der Waals surface area contributed by atoms with Gasteiger partial charge in [0, 0.05) is 5.71 Å². The lowest BCUT2D eigenvalue weighted by Gasteiger charge is -2.25. The molecule has 1 fully saturated rings. The average molecular weight is 358 g/mol. The Morgan fingerprint density at radius 1 is 1.12 bits per heavy atom. The number of hydrogen-bond acceptors (Lipinski definition) is 2. The molecule has 4 rings (SSSR count). The van der Waals surface area contributed by atoms with E-state index in [4.69, 9.17) is 0 Å². The Balaban J connectivity index is 1.73. The number of fused-ring (bicyclic) bond motifs is 2. The second-order valence-corrected chi connectivity index (χ2v) is 6.66. The number of benzene rings is 2. The fraction of sp³-hybridized carbons (Fsp3) is 0.300. The van der Waals surface area contributed by atoms with Gasteiger partial charge >= 0.3 is 6.18 Å². The van der Waals surface area contributed by atoms with Crippen LogP contribution in [0.25, 0.3) is 0 Å². The molecule has 0 unspecified atom stereocenters. The van der Waals surface area contributed by atoms with Crippen LogP contribution in [0.4, 0.5) is 24.5 Å². The summed E-state index contributed by atoms with van der Waals surface area (Å²) < 4.78 is 39.0. The van der Waals surface area contributed by atoms with Gasteiger partial charge in [-0.1, -0.05) is 24.3 Å². The number of alkyl halides is 3. The molecule has 26 heavy (non-hydrogen) atoms. The molecule has 1 heterocycles. The van der Waals surface area contributed by atoms with Crippen LogP contribution in [-0.2, 0) is 17.5 Å². The van der Waals surface area contributed by atoms with Crippen LogP contribution < -0.4 is 4.90 Å². The lowest BCUT2D eigenvalue weighted by atomic mass is 10.0. The van der Waals surface area contributed by atoms with Crippen LogP contribution in [0, 0.1) is 5.92 Å². The van der Waals surface area contributed by atoms with Crippen molar-refractivity contribution in [1.82, 2.24) is 0 Å². The number of para-hydroxylation sites is 2. The van der Waals surface area contributed by atoms with Gasteiger partial charge in [0.2, 0.25) is 5.91 Å². The summed E-state index contributed by atoms with van der Waals surface area (Å²) in [5, 5.41) is 0. The van der Waals surface area contributed by atoms with Gasteiger partial charge in [-0.3, -0.25) is 9.79 Å². The van der Waals surface area contributed by atoms with Crippen LogP contribution in [-0.4, -0.2) is 11.6 Å². The molecule has 0 bridgehead atoms. The van der Waals surface area contributed by atoms with Gasteiger partial charge in [-0.05, 0) is 49.1 Å². The predicted octanol–water partition coefficient (Wildman–Crippen LogP) is 5.12. The van der Waals surface area contributed by atoms with E-state index in [1.54, 1.807) is 17.0 Å². The Hall–Kier alpha value is -2.63. The number of amides is 1. The minimum atomic E-state index is -4.40. The topological polar surface area (TPSA) is 32.7 Å². The van der Waals surface area contributed by atoms with E-state index in [1.807, 2.05) is 18.2 Å². The first kappa shape index (κ1) is 16.8. The summed E-state index contributed by atoms with van der Waals surface area (Å²) in [6.45, 7) is 0.0963. The second-order valence-electron chi connectivity index (χ2n) is 6.66. The van der Waals surface area contributed by atoms with E-state index in [0.717, 1.165) is 37.1 Å². The number of carbonyl (C=O) groups is 1. The fourth-order valence-corrected chi connectivity index (χ4v) is 3.67.